The van der Waals surface area contributed by atoms with E-state index in [0.717, 1.165) is 38.6 Å². The highest BCUT2D eigenvalue weighted by atomic mass is 32.1. The summed E-state index contributed by atoms with van der Waals surface area (Å²) in [5.74, 6) is 0.982. The molecule has 1 fully saturated rings. The normalized spacial score (nSPS) is 21.5. The molecule has 2 aromatic heterocycles. The molecule has 3 heterocycles. The van der Waals surface area contributed by atoms with E-state index >= 15 is 0 Å². The van der Waals surface area contributed by atoms with Crippen LogP contribution in [0.4, 0.5) is 0 Å². The second kappa shape index (κ2) is 7.17. The van der Waals surface area contributed by atoms with Crippen molar-refractivity contribution in [2.24, 2.45) is 0 Å². The van der Waals surface area contributed by atoms with Crippen LogP contribution in [-0.2, 0) is 11.3 Å². The molecule has 3 rings (SSSR count). The average Bonchev–Trinajstić information content (AvgIpc) is 3.17. The van der Waals surface area contributed by atoms with Crippen molar-refractivity contribution >= 4 is 11.3 Å². The second-order valence-electron chi connectivity index (χ2n) is 5.37. The summed E-state index contributed by atoms with van der Waals surface area (Å²) >= 11 is 1.83. The van der Waals surface area contributed by atoms with Crippen molar-refractivity contribution in [3.63, 3.8) is 0 Å². The predicted octanol–water partition coefficient (Wildman–Crippen LogP) is 2.02. The van der Waals surface area contributed by atoms with Crippen LogP contribution >= 0.6 is 11.3 Å². The molecule has 0 aliphatic carbocycles. The molecule has 1 aliphatic rings. The molecule has 2 atom stereocenters. The molecule has 2 aromatic rings. The van der Waals surface area contributed by atoms with E-state index in [9.17, 15) is 0 Å². The van der Waals surface area contributed by atoms with Crippen molar-refractivity contribution in [2.45, 2.75) is 25.6 Å². The molecular formula is C15H22N4OS. The van der Waals surface area contributed by atoms with Gasteiger partial charge >= 0.3 is 0 Å². The van der Waals surface area contributed by atoms with E-state index < -0.39 is 0 Å². The highest BCUT2D eigenvalue weighted by molar-refractivity contribution is 7.10. The Bertz CT molecular complexity index is 514. The smallest absolute Gasteiger partial charge is 0.120 e. The van der Waals surface area contributed by atoms with Crippen molar-refractivity contribution in [1.29, 1.82) is 0 Å². The predicted molar refractivity (Wildman–Crippen MR) is 84.3 cm³/mol. The number of hydrogen-bond acceptors (Lipinski definition) is 5. The summed E-state index contributed by atoms with van der Waals surface area (Å²) in [7, 11) is 0. The second-order valence-corrected chi connectivity index (χ2v) is 6.35. The topological polar surface area (TPSA) is 53.2 Å². The lowest BCUT2D eigenvalue weighted by molar-refractivity contribution is -0.0339. The molecule has 0 aromatic carbocycles. The van der Waals surface area contributed by atoms with Crippen LogP contribution in [0.3, 0.4) is 0 Å². The third-order valence-corrected chi connectivity index (χ3v) is 4.74. The van der Waals surface area contributed by atoms with Crippen LogP contribution in [0.5, 0.6) is 0 Å². The number of ether oxygens (including phenoxy) is 1. The minimum atomic E-state index is 0.311. The summed E-state index contributed by atoms with van der Waals surface area (Å²) in [6.45, 7) is 6.65. The number of nitrogens with one attached hydrogen (secondary N) is 2. The first-order valence-corrected chi connectivity index (χ1v) is 8.29. The Kier molecular flexibility index (Phi) is 5.03. The van der Waals surface area contributed by atoms with Gasteiger partial charge in [0.05, 0.1) is 25.3 Å². The Hall–Kier alpha value is -1.21. The molecule has 0 unspecified atom stereocenters. The number of morpholine rings is 1. The van der Waals surface area contributed by atoms with Crippen molar-refractivity contribution < 1.29 is 4.74 Å². The molecule has 6 heteroatoms. The fourth-order valence-corrected chi connectivity index (χ4v) is 3.60. The minimum Gasteiger partial charge on any atom is -0.376 e. The fraction of sp³-hybridized carbons (Fsp3) is 0.533. The summed E-state index contributed by atoms with van der Waals surface area (Å²) in [6.07, 6.45) is 3.96. The Morgan fingerprint density at radius 2 is 2.57 bits per heavy atom. The van der Waals surface area contributed by atoms with E-state index in [1.165, 1.54) is 4.88 Å². The van der Waals surface area contributed by atoms with Crippen LogP contribution < -0.4 is 5.32 Å². The van der Waals surface area contributed by atoms with Crippen molar-refractivity contribution in [3.05, 3.63) is 40.6 Å². The van der Waals surface area contributed by atoms with Crippen LogP contribution in [0.15, 0.2) is 29.9 Å². The first-order valence-electron chi connectivity index (χ1n) is 7.41. The number of thiophene rings is 1. The SMILES string of the molecule is C[C@H]1CN([C@H](CNCc2ncc[nH]2)c2cccs2)CCO1. The minimum absolute atomic E-state index is 0.311. The van der Waals surface area contributed by atoms with Gasteiger partial charge in [0.15, 0.2) is 0 Å². The van der Waals surface area contributed by atoms with Gasteiger partial charge in [0.25, 0.3) is 0 Å². The summed E-state index contributed by atoms with van der Waals surface area (Å²) in [5, 5.41) is 5.67. The quantitative estimate of drug-likeness (QED) is 0.857. The maximum Gasteiger partial charge on any atom is 0.120 e. The fourth-order valence-electron chi connectivity index (χ4n) is 2.74. The monoisotopic (exact) mass is 306 g/mol. The molecular weight excluding hydrogens is 284 g/mol. The Morgan fingerprint density at radius 3 is 3.29 bits per heavy atom. The molecule has 0 radical (unpaired) electrons. The highest BCUT2D eigenvalue weighted by Gasteiger charge is 2.25. The number of hydrogen-bond donors (Lipinski definition) is 2. The van der Waals surface area contributed by atoms with Crippen molar-refractivity contribution in [1.82, 2.24) is 20.2 Å². The van der Waals surface area contributed by atoms with Crippen molar-refractivity contribution in [3.8, 4) is 0 Å². The zero-order chi connectivity index (χ0) is 14.5. The molecule has 0 amide bonds. The van der Waals surface area contributed by atoms with E-state index in [2.05, 4.69) is 44.6 Å². The molecule has 1 saturated heterocycles. The van der Waals surface area contributed by atoms with E-state index in [1.54, 1.807) is 6.20 Å². The number of imidazole rings is 1. The van der Waals surface area contributed by atoms with Gasteiger partial charge in [-0.3, -0.25) is 4.90 Å². The van der Waals surface area contributed by atoms with Gasteiger partial charge < -0.3 is 15.0 Å². The molecule has 0 spiro atoms. The zero-order valence-electron chi connectivity index (χ0n) is 12.3. The molecule has 0 saturated carbocycles. The van der Waals surface area contributed by atoms with Crippen LogP contribution in [-0.4, -0.2) is 47.2 Å². The van der Waals surface area contributed by atoms with Gasteiger partial charge in [-0.2, -0.15) is 0 Å². The van der Waals surface area contributed by atoms with E-state index in [4.69, 9.17) is 4.74 Å². The lowest BCUT2D eigenvalue weighted by Crippen LogP contribution is -2.45. The van der Waals surface area contributed by atoms with Crippen LogP contribution in [0.2, 0.25) is 0 Å². The van der Waals surface area contributed by atoms with Gasteiger partial charge in [0.1, 0.15) is 5.82 Å². The molecule has 1 aliphatic heterocycles. The highest BCUT2D eigenvalue weighted by Crippen LogP contribution is 2.26. The average molecular weight is 306 g/mol. The maximum absolute atomic E-state index is 5.67. The van der Waals surface area contributed by atoms with Crippen LogP contribution in [0.1, 0.15) is 23.7 Å². The Balaban J connectivity index is 1.62. The Morgan fingerprint density at radius 1 is 1.62 bits per heavy atom. The zero-order valence-corrected chi connectivity index (χ0v) is 13.1. The maximum atomic E-state index is 5.67. The van der Waals surface area contributed by atoms with E-state index in [1.807, 2.05) is 17.5 Å². The summed E-state index contributed by atoms with van der Waals surface area (Å²) in [5.41, 5.74) is 0. The largest absolute Gasteiger partial charge is 0.376 e. The molecule has 0 bridgehead atoms. The number of rotatable bonds is 6. The van der Waals surface area contributed by atoms with Gasteiger partial charge in [0, 0.05) is 36.9 Å². The standard InChI is InChI=1S/C15H22N4OS/c1-12-11-19(6-7-20-12)13(14-3-2-8-21-14)9-16-10-15-17-4-5-18-15/h2-5,8,12-13,16H,6-7,9-11H2,1H3,(H,17,18)/t12-,13+/m0/s1. The summed E-state index contributed by atoms with van der Waals surface area (Å²) in [6, 6.07) is 4.76. The van der Waals surface area contributed by atoms with Crippen LogP contribution in [0, 0.1) is 0 Å². The van der Waals surface area contributed by atoms with Gasteiger partial charge in [-0.05, 0) is 18.4 Å². The third kappa shape index (κ3) is 3.91. The third-order valence-electron chi connectivity index (χ3n) is 3.77. The first kappa shape index (κ1) is 14.7. The molecule has 2 N–H and O–H groups in total. The van der Waals surface area contributed by atoms with Gasteiger partial charge in [-0.15, -0.1) is 11.3 Å². The number of nitrogens with zero attached hydrogens (tertiary/aromatic N) is 2. The molecule has 5 nitrogen and oxygen atoms in total. The van der Waals surface area contributed by atoms with Crippen molar-refractivity contribution in [2.75, 3.05) is 26.2 Å². The van der Waals surface area contributed by atoms with Crippen LogP contribution in [0.25, 0.3) is 0 Å². The lowest BCUT2D eigenvalue weighted by Gasteiger charge is -2.37. The molecule has 21 heavy (non-hydrogen) atoms. The first-order chi connectivity index (χ1) is 10.3. The van der Waals surface area contributed by atoms with E-state index in [-0.39, 0.29) is 0 Å². The Labute approximate surface area is 129 Å². The van der Waals surface area contributed by atoms with E-state index in [0.29, 0.717) is 12.1 Å². The van der Waals surface area contributed by atoms with Gasteiger partial charge in [0.2, 0.25) is 0 Å². The number of aromatic nitrogens is 2. The summed E-state index contributed by atoms with van der Waals surface area (Å²) in [4.78, 5) is 11.3. The lowest BCUT2D eigenvalue weighted by atomic mass is 10.1. The summed E-state index contributed by atoms with van der Waals surface area (Å²) < 4.78 is 5.67. The number of H-pyrrole nitrogens is 1. The van der Waals surface area contributed by atoms with Gasteiger partial charge in [-0.1, -0.05) is 6.07 Å². The number of aromatic amines is 1. The van der Waals surface area contributed by atoms with Gasteiger partial charge in [-0.25, -0.2) is 4.98 Å². The molecule has 114 valence electrons.